The number of ether oxygens (including phenoxy) is 1. The summed E-state index contributed by atoms with van der Waals surface area (Å²) in [7, 11) is -3.20. The van der Waals surface area contributed by atoms with Gasteiger partial charge in [0.1, 0.15) is 11.9 Å². The second kappa shape index (κ2) is 5.29. The average Bonchev–Trinajstić information content (AvgIpc) is 2.47. The van der Waals surface area contributed by atoms with Gasteiger partial charge in [0.2, 0.25) is 0 Å². The Kier molecular flexibility index (Phi) is 3.74. The van der Waals surface area contributed by atoms with Gasteiger partial charge in [-0.2, -0.15) is 0 Å². The number of sulfone groups is 1. The van der Waals surface area contributed by atoms with Crippen LogP contribution >= 0.6 is 0 Å². The highest BCUT2D eigenvalue weighted by molar-refractivity contribution is 7.90. The van der Waals surface area contributed by atoms with E-state index in [1.165, 1.54) is 25.5 Å². The molecule has 2 N–H and O–H groups in total. The Morgan fingerprint density at radius 3 is 2.57 bits per heavy atom. The van der Waals surface area contributed by atoms with Crippen LogP contribution < -0.4 is 10.5 Å². The normalized spacial score (nSPS) is 28.1. The lowest BCUT2D eigenvalue weighted by Gasteiger charge is -2.56. The molecule has 1 aromatic carbocycles. The van der Waals surface area contributed by atoms with E-state index in [1.807, 2.05) is 6.07 Å². The summed E-state index contributed by atoms with van der Waals surface area (Å²) >= 11 is 0. The van der Waals surface area contributed by atoms with Crippen molar-refractivity contribution < 1.29 is 13.2 Å². The number of benzene rings is 1. The van der Waals surface area contributed by atoms with Crippen molar-refractivity contribution in [3.8, 4) is 5.75 Å². The number of hydrogen-bond acceptors (Lipinski definition) is 4. The molecular weight excluding hydrogens is 286 g/mol. The van der Waals surface area contributed by atoms with Crippen LogP contribution in [0.1, 0.15) is 38.5 Å². The molecule has 0 bridgehead atoms. The first-order chi connectivity index (χ1) is 9.92. The molecule has 2 aliphatic rings. The summed E-state index contributed by atoms with van der Waals surface area (Å²) in [5.41, 5.74) is 6.37. The summed E-state index contributed by atoms with van der Waals surface area (Å²) in [5, 5.41) is 0. The monoisotopic (exact) mass is 309 g/mol. The van der Waals surface area contributed by atoms with E-state index in [0.717, 1.165) is 19.3 Å². The summed E-state index contributed by atoms with van der Waals surface area (Å²) in [6.07, 6.45) is 8.19. The Hall–Kier alpha value is -1.07. The molecule has 0 aromatic heterocycles. The average molecular weight is 309 g/mol. The van der Waals surface area contributed by atoms with Gasteiger partial charge in [0.25, 0.3) is 0 Å². The van der Waals surface area contributed by atoms with Gasteiger partial charge in [0.15, 0.2) is 9.84 Å². The Labute approximate surface area is 126 Å². The maximum Gasteiger partial charge on any atom is 0.175 e. The van der Waals surface area contributed by atoms with Crippen LogP contribution in [0.4, 0.5) is 0 Å². The topological polar surface area (TPSA) is 69.4 Å². The minimum Gasteiger partial charge on any atom is -0.490 e. The van der Waals surface area contributed by atoms with Crippen molar-refractivity contribution in [3.05, 3.63) is 24.3 Å². The molecular formula is C16H23NO3S. The third kappa shape index (κ3) is 2.69. The first-order valence-electron chi connectivity index (χ1n) is 7.64. The minimum absolute atomic E-state index is 0.110. The Morgan fingerprint density at radius 2 is 1.95 bits per heavy atom. The molecule has 1 spiro atoms. The van der Waals surface area contributed by atoms with Crippen molar-refractivity contribution >= 4 is 9.84 Å². The van der Waals surface area contributed by atoms with E-state index >= 15 is 0 Å². The van der Waals surface area contributed by atoms with E-state index in [9.17, 15) is 8.42 Å². The quantitative estimate of drug-likeness (QED) is 0.931. The molecule has 2 unspecified atom stereocenters. The fraction of sp³-hybridized carbons (Fsp3) is 0.625. The Morgan fingerprint density at radius 1 is 1.24 bits per heavy atom. The van der Waals surface area contributed by atoms with Gasteiger partial charge in [-0.1, -0.05) is 25.3 Å². The van der Waals surface area contributed by atoms with E-state index in [1.54, 1.807) is 18.2 Å². The van der Waals surface area contributed by atoms with Crippen molar-refractivity contribution in [2.75, 3.05) is 6.26 Å². The van der Waals surface area contributed by atoms with Crippen LogP contribution in [-0.2, 0) is 9.84 Å². The number of rotatable bonds is 3. The first kappa shape index (κ1) is 14.9. The molecule has 2 saturated carbocycles. The second-order valence-corrected chi connectivity index (χ2v) is 8.51. The molecule has 2 aliphatic carbocycles. The van der Waals surface area contributed by atoms with Crippen LogP contribution in [0.5, 0.6) is 5.75 Å². The van der Waals surface area contributed by atoms with Gasteiger partial charge >= 0.3 is 0 Å². The molecule has 2 fully saturated rings. The molecule has 4 nitrogen and oxygen atoms in total. The van der Waals surface area contributed by atoms with Gasteiger partial charge < -0.3 is 10.5 Å². The highest BCUT2D eigenvalue weighted by Crippen LogP contribution is 2.52. The zero-order valence-electron chi connectivity index (χ0n) is 12.4. The van der Waals surface area contributed by atoms with Gasteiger partial charge in [0.05, 0.1) is 4.90 Å². The maximum absolute atomic E-state index is 11.6. The molecule has 0 amide bonds. The van der Waals surface area contributed by atoms with Crippen molar-refractivity contribution in [1.29, 1.82) is 0 Å². The highest BCUT2D eigenvalue weighted by atomic mass is 32.2. The number of hydrogen-bond donors (Lipinski definition) is 1. The molecule has 0 aliphatic heterocycles. The summed E-state index contributed by atoms with van der Waals surface area (Å²) in [4.78, 5) is 0.307. The summed E-state index contributed by atoms with van der Waals surface area (Å²) in [6.45, 7) is 0. The predicted molar refractivity (Wildman–Crippen MR) is 82.1 cm³/mol. The summed E-state index contributed by atoms with van der Waals surface area (Å²) in [5.74, 6) is 0.639. The SMILES string of the molecule is CS(=O)(=O)c1cccc(OC2CC(N)C23CCCCC3)c1. The molecule has 0 saturated heterocycles. The zero-order valence-corrected chi connectivity index (χ0v) is 13.2. The van der Waals surface area contributed by atoms with Gasteiger partial charge in [-0.05, 0) is 31.0 Å². The lowest BCUT2D eigenvalue weighted by atomic mass is 9.55. The van der Waals surface area contributed by atoms with Gasteiger partial charge in [-0.25, -0.2) is 8.42 Å². The smallest absolute Gasteiger partial charge is 0.175 e. The van der Waals surface area contributed by atoms with Crippen LogP contribution in [0.2, 0.25) is 0 Å². The maximum atomic E-state index is 11.6. The van der Waals surface area contributed by atoms with Crippen molar-refractivity contribution in [1.82, 2.24) is 0 Å². The van der Waals surface area contributed by atoms with E-state index in [4.69, 9.17) is 10.5 Å². The van der Waals surface area contributed by atoms with Crippen molar-refractivity contribution in [2.24, 2.45) is 11.1 Å². The lowest BCUT2D eigenvalue weighted by molar-refractivity contribution is -0.0899. The Bertz CT molecular complexity index is 620. The number of nitrogens with two attached hydrogens (primary N) is 1. The summed E-state index contributed by atoms with van der Waals surface area (Å²) < 4.78 is 29.4. The minimum atomic E-state index is -3.20. The lowest BCUT2D eigenvalue weighted by Crippen LogP contribution is -2.64. The molecule has 0 radical (unpaired) electrons. The Balaban J connectivity index is 1.78. The van der Waals surface area contributed by atoms with E-state index in [0.29, 0.717) is 10.6 Å². The van der Waals surface area contributed by atoms with Crippen LogP contribution in [0.15, 0.2) is 29.2 Å². The fourth-order valence-corrected chi connectivity index (χ4v) is 4.45. The van der Waals surface area contributed by atoms with Gasteiger partial charge in [-0.3, -0.25) is 0 Å². The first-order valence-corrected chi connectivity index (χ1v) is 9.53. The standard InChI is InChI=1S/C16H23NO3S/c1-21(18,19)13-7-5-6-12(10-13)20-15-11-14(17)16(15)8-3-2-4-9-16/h5-7,10,14-15H,2-4,8-9,11,17H2,1H3. The third-order valence-electron chi connectivity index (χ3n) is 5.14. The molecule has 1 aromatic rings. The van der Waals surface area contributed by atoms with E-state index in [2.05, 4.69) is 0 Å². The molecule has 0 heterocycles. The summed E-state index contributed by atoms with van der Waals surface area (Å²) in [6, 6.07) is 7.01. The van der Waals surface area contributed by atoms with Crippen molar-refractivity contribution in [2.45, 2.75) is 55.6 Å². The molecule has 21 heavy (non-hydrogen) atoms. The molecule has 5 heteroatoms. The van der Waals surface area contributed by atoms with Crippen LogP contribution in [-0.4, -0.2) is 26.8 Å². The molecule has 2 atom stereocenters. The molecule has 3 rings (SSSR count). The van der Waals surface area contributed by atoms with E-state index in [-0.39, 0.29) is 17.6 Å². The predicted octanol–water partition coefficient (Wildman–Crippen LogP) is 2.52. The second-order valence-electron chi connectivity index (χ2n) is 6.49. The largest absolute Gasteiger partial charge is 0.490 e. The van der Waals surface area contributed by atoms with Gasteiger partial charge in [-0.15, -0.1) is 0 Å². The van der Waals surface area contributed by atoms with Crippen LogP contribution in [0.25, 0.3) is 0 Å². The van der Waals surface area contributed by atoms with E-state index < -0.39 is 9.84 Å². The highest BCUT2D eigenvalue weighted by Gasteiger charge is 2.54. The van der Waals surface area contributed by atoms with Gasteiger partial charge in [0, 0.05) is 24.1 Å². The van der Waals surface area contributed by atoms with Crippen molar-refractivity contribution in [3.63, 3.8) is 0 Å². The zero-order chi connectivity index (χ0) is 15.1. The van der Waals surface area contributed by atoms with Crippen LogP contribution in [0, 0.1) is 5.41 Å². The third-order valence-corrected chi connectivity index (χ3v) is 6.25. The fourth-order valence-electron chi connectivity index (χ4n) is 3.79. The van der Waals surface area contributed by atoms with Crippen LogP contribution in [0.3, 0.4) is 0 Å². The molecule has 116 valence electrons.